The van der Waals surface area contributed by atoms with Crippen molar-refractivity contribution in [1.29, 1.82) is 0 Å². The van der Waals surface area contributed by atoms with Crippen LogP contribution in [0, 0.1) is 5.92 Å². The zero-order valence-corrected chi connectivity index (χ0v) is 10.9. The van der Waals surface area contributed by atoms with Crippen LogP contribution in [-0.2, 0) is 9.31 Å². The lowest BCUT2D eigenvalue weighted by Crippen LogP contribution is -2.39. The Balaban J connectivity index is 2.08. The molecule has 90 valence electrons. The summed E-state index contributed by atoms with van der Waals surface area (Å²) in [5, 5.41) is 0.166. The number of allylic oxidation sites excluding steroid dienone is 2. The number of hydrogen-bond acceptors (Lipinski definition) is 2. The Labute approximate surface area is 99.5 Å². The quantitative estimate of drug-likeness (QED) is 0.524. The van der Waals surface area contributed by atoms with Crippen molar-refractivity contribution >= 4 is 7.12 Å². The van der Waals surface area contributed by atoms with E-state index in [1.807, 2.05) is 0 Å². The minimum Gasteiger partial charge on any atom is -0.408 e. The van der Waals surface area contributed by atoms with Crippen molar-refractivity contribution in [2.45, 2.75) is 64.5 Å². The number of fused-ring (bicyclic) bond motifs is 2. The molecule has 0 radical (unpaired) electrons. The van der Waals surface area contributed by atoms with Gasteiger partial charge in [0, 0.05) is 17.5 Å². The fourth-order valence-electron chi connectivity index (χ4n) is 2.88. The SMILES string of the molecule is CC(C)OB(OC(C)C)C12C=CC(CC1)C2. The highest BCUT2D eigenvalue weighted by Crippen LogP contribution is 2.57. The smallest absolute Gasteiger partial charge is 0.408 e. The first-order valence-corrected chi connectivity index (χ1v) is 6.52. The van der Waals surface area contributed by atoms with Crippen LogP contribution in [0.1, 0.15) is 47.0 Å². The fourth-order valence-corrected chi connectivity index (χ4v) is 2.88. The summed E-state index contributed by atoms with van der Waals surface area (Å²) in [7, 11) is -0.0590. The van der Waals surface area contributed by atoms with Crippen molar-refractivity contribution in [3.8, 4) is 0 Å². The minimum absolute atomic E-state index is 0.0590. The van der Waals surface area contributed by atoms with Crippen LogP contribution in [-0.4, -0.2) is 19.3 Å². The van der Waals surface area contributed by atoms with E-state index in [0.29, 0.717) is 0 Å². The van der Waals surface area contributed by atoms with Crippen molar-refractivity contribution in [1.82, 2.24) is 0 Å². The van der Waals surface area contributed by atoms with Gasteiger partial charge in [0.25, 0.3) is 0 Å². The second-order valence-electron chi connectivity index (χ2n) is 5.80. The average Bonchev–Trinajstić information content (AvgIpc) is 2.75. The molecular formula is C13H23BO2. The summed E-state index contributed by atoms with van der Waals surface area (Å²) in [6.45, 7) is 8.33. The molecule has 2 rings (SSSR count). The van der Waals surface area contributed by atoms with E-state index in [1.54, 1.807) is 0 Å². The molecule has 0 amide bonds. The zero-order chi connectivity index (χ0) is 11.8. The molecule has 0 saturated heterocycles. The molecule has 2 unspecified atom stereocenters. The molecule has 0 aliphatic heterocycles. The van der Waals surface area contributed by atoms with Crippen molar-refractivity contribution in [3.63, 3.8) is 0 Å². The predicted molar refractivity (Wildman–Crippen MR) is 67.4 cm³/mol. The zero-order valence-electron chi connectivity index (χ0n) is 10.9. The second kappa shape index (κ2) is 4.54. The highest BCUT2D eigenvalue weighted by molar-refractivity contribution is 6.50. The molecular weight excluding hydrogens is 199 g/mol. The van der Waals surface area contributed by atoms with Crippen LogP contribution in [0.15, 0.2) is 12.2 Å². The van der Waals surface area contributed by atoms with E-state index in [-0.39, 0.29) is 24.6 Å². The van der Waals surface area contributed by atoms with E-state index in [2.05, 4.69) is 39.8 Å². The topological polar surface area (TPSA) is 18.5 Å². The molecule has 0 aromatic heterocycles. The molecule has 0 spiro atoms. The third kappa shape index (κ3) is 2.35. The van der Waals surface area contributed by atoms with Crippen LogP contribution < -0.4 is 0 Å². The van der Waals surface area contributed by atoms with Crippen LogP contribution in [0.3, 0.4) is 0 Å². The number of hydrogen-bond donors (Lipinski definition) is 0. The van der Waals surface area contributed by atoms with Gasteiger partial charge in [-0.1, -0.05) is 12.2 Å². The lowest BCUT2D eigenvalue weighted by atomic mass is 9.56. The molecule has 0 aromatic carbocycles. The molecule has 3 heteroatoms. The van der Waals surface area contributed by atoms with Crippen LogP contribution >= 0.6 is 0 Å². The molecule has 2 aliphatic carbocycles. The summed E-state index contributed by atoms with van der Waals surface area (Å²) >= 11 is 0. The third-order valence-electron chi connectivity index (χ3n) is 3.58. The summed E-state index contributed by atoms with van der Waals surface area (Å²) in [5.41, 5.74) is 0. The van der Waals surface area contributed by atoms with E-state index in [1.165, 1.54) is 19.3 Å². The molecule has 0 N–H and O–H groups in total. The van der Waals surface area contributed by atoms with Crippen LogP contribution in [0.5, 0.6) is 0 Å². The van der Waals surface area contributed by atoms with Gasteiger partial charge in [-0.25, -0.2) is 0 Å². The van der Waals surface area contributed by atoms with E-state index in [4.69, 9.17) is 9.31 Å². The summed E-state index contributed by atoms with van der Waals surface area (Å²) < 4.78 is 12.0. The first-order valence-electron chi connectivity index (χ1n) is 6.52. The molecule has 2 bridgehead atoms. The lowest BCUT2D eigenvalue weighted by Gasteiger charge is -2.32. The maximum absolute atomic E-state index is 5.99. The summed E-state index contributed by atoms with van der Waals surface area (Å²) in [6, 6.07) is 0. The average molecular weight is 222 g/mol. The van der Waals surface area contributed by atoms with E-state index in [0.717, 1.165) is 5.92 Å². The van der Waals surface area contributed by atoms with Gasteiger partial charge in [-0.05, 0) is 52.9 Å². The molecule has 2 atom stereocenters. The molecule has 0 heterocycles. The van der Waals surface area contributed by atoms with Gasteiger partial charge in [-0.15, -0.1) is 0 Å². The second-order valence-corrected chi connectivity index (χ2v) is 5.80. The molecule has 0 aromatic rings. The van der Waals surface area contributed by atoms with Gasteiger partial charge in [-0.3, -0.25) is 0 Å². The Kier molecular flexibility index (Phi) is 3.46. The van der Waals surface area contributed by atoms with Gasteiger partial charge in [0.1, 0.15) is 0 Å². The Morgan fingerprint density at radius 3 is 2.12 bits per heavy atom. The van der Waals surface area contributed by atoms with E-state index >= 15 is 0 Å². The van der Waals surface area contributed by atoms with Gasteiger partial charge in [-0.2, -0.15) is 0 Å². The molecule has 16 heavy (non-hydrogen) atoms. The summed E-state index contributed by atoms with van der Waals surface area (Å²) in [6.07, 6.45) is 8.89. The lowest BCUT2D eigenvalue weighted by molar-refractivity contribution is 0.115. The Bertz CT molecular complexity index is 265. The standard InChI is InChI=1S/C13H23BO2/c1-10(2)15-14(16-11(3)4)13-7-5-12(9-13)6-8-13/h5,7,10-12H,6,8-9H2,1-4H3. The maximum atomic E-state index is 5.99. The minimum atomic E-state index is -0.0590. The molecule has 2 aliphatic rings. The Morgan fingerprint density at radius 2 is 1.81 bits per heavy atom. The first-order chi connectivity index (χ1) is 7.52. The summed E-state index contributed by atoms with van der Waals surface area (Å²) in [5.74, 6) is 0.772. The Morgan fingerprint density at radius 1 is 1.19 bits per heavy atom. The van der Waals surface area contributed by atoms with Crippen LogP contribution in [0.2, 0.25) is 5.31 Å². The maximum Gasteiger partial charge on any atom is 0.467 e. The summed E-state index contributed by atoms with van der Waals surface area (Å²) in [4.78, 5) is 0. The van der Waals surface area contributed by atoms with Crippen LogP contribution in [0.4, 0.5) is 0 Å². The van der Waals surface area contributed by atoms with Gasteiger partial charge < -0.3 is 9.31 Å². The van der Waals surface area contributed by atoms with Crippen molar-refractivity contribution in [3.05, 3.63) is 12.2 Å². The van der Waals surface area contributed by atoms with E-state index in [9.17, 15) is 0 Å². The van der Waals surface area contributed by atoms with Gasteiger partial charge in [0.05, 0.1) is 0 Å². The fraction of sp³-hybridized carbons (Fsp3) is 0.846. The largest absolute Gasteiger partial charge is 0.467 e. The van der Waals surface area contributed by atoms with Gasteiger partial charge >= 0.3 is 7.12 Å². The highest BCUT2D eigenvalue weighted by atomic mass is 16.6. The predicted octanol–water partition coefficient (Wildman–Crippen LogP) is 3.43. The van der Waals surface area contributed by atoms with Crippen molar-refractivity contribution in [2.75, 3.05) is 0 Å². The molecule has 2 nitrogen and oxygen atoms in total. The normalized spacial score (nSPS) is 32.0. The van der Waals surface area contributed by atoms with E-state index < -0.39 is 0 Å². The number of rotatable bonds is 5. The third-order valence-corrected chi connectivity index (χ3v) is 3.58. The van der Waals surface area contributed by atoms with Crippen LogP contribution in [0.25, 0.3) is 0 Å². The monoisotopic (exact) mass is 222 g/mol. The van der Waals surface area contributed by atoms with Crippen molar-refractivity contribution < 1.29 is 9.31 Å². The molecule has 1 saturated carbocycles. The first kappa shape index (κ1) is 12.2. The van der Waals surface area contributed by atoms with Gasteiger partial charge in [0.15, 0.2) is 0 Å². The highest BCUT2D eigenvalue weighted by Gasteiger charge is 2.52. The van der Waals surface area contributed by atoms with Gasteiger partial charge in [0.2, 0.25) is 0 Å². The Hall–Kier alpha value is -0.275. The van der Waals surface area contributed by atoms with Crippen molar-refractivity contribution in [2.24, 2.45) is 5.92 Å². The molecule has 1 fully saturated rings.